The average molecular weight is 411 g/mol. The lowest BCUT2D eigenvalue weighted by Crippen LogP contribution is -2.27. The second-order valence-electron chi connectivity index (χ2n) is 6.97. The van der Waals surface area contributed by atoms with Crippen LogP contribution in [0.4, 0.5) is 0 Å². The van der Waals surface area contributed by atoms with Crippen molar-refractivity contribution in [1.82, 2.24) is 19.2 Å². The quantitative estimate of drug-likeness (QED) is 0.642. The molecule has 0 radical (unpaired) electrons. The van der Waals surface area contributed by atoms with Crippen LogP contribution in [-0.2, 0) is 21.4 Å². The van der Waals surface area contributed by atoms with Crippen molar-refractivity contribution < 1.29 is 13.2 Å². The Morgan fingerprint density at radius 1 is 1.37 bits per heavy atom. The fraction of sp³-hybridized carbons (Fsp3) is 0.556. The van der Waals surface area contributed by atoms with Crippen LogP contribution >= 0.6 is 11.8 Å². The van der Waals surface area contributed by atoms with Gasteiger partial charge in [-0.3, -0.25) is 4.79 Å². The van der Waals surface area contributed by atoms with E-state index in [2.05, 4.69) is 21.8 Å². The molecule has 9 heteroatoms. The third kappa shape index (κ3) is 4.64. The molecule has 148 valence electrons. The van der Waals surface area contributed by atoms with E-state index in [-0.39, 0.29) is 10.8 Å². The van der Waals surface area contributed by atoms with Gasteiger partial charge >= 0.3 is 0 Å². The molecule has 0 saturated heterocycles. The number of unbranched alkanes of at least 4 members (excludes halogenated alkanes) is 1. The molecule has 1 heterocycles. The summed E-state index contributed by atoms with van der Waals surface area (Å²) in [4.78, 5) is 16.9. The van der Waals surface area contributed by atoms with E-state index in [1.54, 1.807) is 12.1 Å². The van der Waals surface area contributed by atoms with E-state index in [4.69, 9.17) is 0 Å². The summed E-state index contributed by atoms with van der Waals surface area (Å²) in [5.74, 6) is 0.335. The van der Waals surface area contributed by atoms with Crippen LogP contribution in [-0.4, -0.2) is 54.1 Å². The first kappa shape index (κ1) is 20.2. The summed E-state index contributed by atoms with van der Waals surface area (Å²) in [5.41, 5.74) is 1.53. The average Bonchev–Trinajstić information content (AvgIpc) is 3.36. The summed E-state index contributed by atoms with van der Waals surface area (Å²) in [6.07, 6.45) is 4.16. The molecule has 0 bridgehead atoms. The number of amides is 1. The van der Waals surface area contributed by atoms with Crippen molar-refractivity contribution in [2.75, 3.05) is 19.8 Å². The largest absolute Gasteiger partial charge is 0.353 e. The van der Waals surface area contributed by atoms with Gasteiger partial charge in [0.15, 0.2) is 5.16 Å². The zero-order valence-electron chi connectivity index (χ0n) is 15.9. The number of sulfonamides is 1. The third-order valence-corrected chi connectivity index (χ3v) is 7.26. The van der Waals surface area contributed by atoms with Crippen LogP contribution in [0.15, 0.2) is 28.3 Å². The van der Waals surface area contributed by atoms with E-state index in [0.717, 1.165) is 42.9 Å². The molecule has 1 N–H and O–H groups in total. The van der Waals surface area contributed by atoms with Crippen LogP contribution < -0.4 is 5.32 Å². The number of fused-ring (bicyclic) bond motifs is 1. The van der Waals surface area contributed by atoms with Crippen molar-refractivity contribution in [2.24, 2.45) is 0 Å². The van der Waals surface area contributed by atoms with Crippen LogP contribution in [0.2, 0.25) is 0 Å². The van der Waals surface area contributed by atoms with E-state index in [9.17, 15) is 13.2 Å². The topological polar surface area (TPSA) is 84.3 Å². The molecule has 0 unspecified atom stereocenters. The van der Waals surface area contributed by atoms with Crippen LogP contribution in [0.25, 0.3) is 11.0 Å². The fourth-order valence-corrected chi connectivity index (χ4v) is 4.50. The van der Waals surface area contributed by atoms with Gasteiger partial charge < -0.3 is 9.88 Å². The molecule has 1 saturated carbocycles. The number of thioether (sulfide) groups is 1. The number of imidazole rings is 1. The molecular formula is C18H26N4O3S2. The highest BCUT2D eigenvalue weighted by atomic mass is 32.2. The molecule has 1 aliphatic carbocycles. The number of aromatic nitrogens is 2. The van der Waals surface area contributed by atoms with E-state index < -0.39 is 10.0 Å². The van der Waals surface area contributed by atoms with Crippen molar-refractivity contribution in [3.63, 3.8) is 0 Å². The van der Waals surface area contributed by atoms with Gasteiger partial charge in [0, 0.05) is 26.7 Å². The van der Waals surface area contributed by atoms with E-state index in [1.807, 2.05) is 6.07 Å². The Balaban J connectivity index is 1.89. The number of hydrogen-bond donors (Lipinski definition) is 1. The predicted octanol–water partition coefficient (Wildman–Crippen LogP) is 2.46. The Labute approximate surface area is 164 Å². The van der Waals surface area contributed by atoms with E-state index in [1.165, 1.54) is 30.2 Å². The van der Waals surface area contributed by atoms with Crippen LogP contribution in [0.1, 0.15) is 32.6 Å². The highest BCUT2D eigenvalue weighted by Gasteiger charge is 2.24. The number of benzene rings is 1. The normalized spacial score (nSPS) is 14.8. The Morgan fingerprint density at radius 3 is 2.74 bits per heavy atom. The molecule has 1 aliphatic rings. The SMILES string of the molecule is CCCCn1c(SCC(=O)NC2CC2)nc2cc(S(=O)(=O)N(C)C)ccc21. The van der Waals surface area contributed by atoms with Crippen molar-refractivity contribution >= 4 is 38.7 Å². The molecule has 0 spiro atoms. The minimum atomic E-state index is -3.51. The van der Waals surface area contributed by atoms with Gasteiger partial charge in [-0.25, -0.2) is 17.7 Å². The Bertz CT molecular complexity index is 933. The van der Waals surface area contributed by atoms with Crippen LogP contribution in [0.3, 0.4) is 0 Å². The molecule has 7 nitrogen and oxygen atoms in total. The number of carbonyl (C=O) groups excluding carboxylic acids is 1. The first-order valence-corrected chi connectivity index (χ1v) is 11.6. The van der Waals surface area contributed by atoms with Gasteiger partial charge in [0.25, 0.3) is 0 Å². The van der Waals surface area contributed by atoms with Crippen LogP contribution in [0.5, 0.6) is 0 Å². The lowest BCUT2D eigenvalue weighted by atomic mass is 10.3. The van der Waals surface area contributed by atoms with E-state index in [0.29, 0.717) is 17.3 Å². The smallest absolute Gasteiger partial charge is 0.242 e. The molecule has 1 aromatic carbocycles. The number of carbonyl (C=O) groups is 1. The molecule has 3 rings (SSSR count). The molecule has 1 fully saturated rings. The molecule has 0 atom stereocenters. The van der Waals surface area contributed by atoms with Gasteiger partial charge in [0.05, 0.1) is 21.7 Å². The Hall–Kier alpha value is -1.58. The van der Waals surface area contributed by atoms with Gasteiger partial charge in [0.1, 0.15) is 0 Å². The van der Waals surface area contributed by atoms with Crippen molar-refractivity contribution in [1.29, 1.82) is 0 Å². The lowest BCUT2D eigenvalue weighted by molar-refractivity contribution is -0.118. The first-order valence-electron chi connectivity index (χ1n) is 9.18. The number of aryl methyl sites for hydroxylation is 1. The summed E-state index contributed by atoms with van der Waals surface area (Å²) in [6, 6.07) is 5.39. The minimum absolute atomic E-state index is 0.0208. The fourth-order valence-electron chi connectivity index (χ4n) is 2.73. The summed E-state index contributed by atoms with van der Waals surface area (Å²) in [5, 5.41) is 3.73. The summed E-state index contributed by atoms with van der Waals surface area (Å²) < 4.78 is 28.1. The second kappa shape index (κ2) is 8.20. The summed E-state index contributed by atoms with van der Waals surface area (Å²) in [6.45, 7) is 2.91. The molecule has 0 aliphatic heterocycles. The first-order chi connectivity index (χ1) is 12.8. The van der Waals surface area contributed by atoms with Crippen molar-refractivity contribution in [2.45, 2.75) is 55.2 Å². The summed E-state index contributed by atoms with van der Waals surface area (Å²) >= 11 is 1.40. The van der Waals surface area contributed by atoms with Gasteiger partial charge in [0.2, 0.25) is 15.9 Å². The number of nitrogens with zero attached hydrogens (tertiary/aromatic N) is 3. The van der Waals surface area contributed by atoms with Crippen molar-refractivity contribution in [3.05, 3.63) is 18.2 Å². The van der Waals surface area contributed by atoms with Crippen molar-refractivity contribution in [3.8, 4) is 0 Å². The molecule has 27 heavy (non-hydrogen) atoms. The lowest BCUT2D eigenvalue weighted by Gasteiger charge is -2.11. The highest BCUT2D eigenvalue weighted by Crippen LogP contribution is 2.27. The third-order valence-electron chi connectivity index (χ3n) is 4.47. The van der Waals surface area contributed by atoms with Gasteiger partial charge in [-0.2, -0.15) is 0 Å². The molecular weight excluding hydrogens is 384 g/mol. The molecule has 1 aromatic heterocycles. The number of rotatable bonds is 9. The monoisotopic (exact) mass is 410 g/mol. The van der Waals surface area contributed by atoms with Gasteiger partial charge in [-0.05, 0) is 37.5 Å². The Morgan fingerprint density at radius 2 is 2.11 bits per heavy atom. The number of hydrogen-bond acceptors (Lipinski definition) is 5. The summed E-state index contributed by atoms with van der Waals surface area (Å²) in [7, 11) is -0.482. The highest BCUT2D eigenvalue weighted by molar-refractivity contribution is 7.99. The maximum Gasteiger partial charge on any atom is 0.242 e. The minimum Gasteiger partial charge on any atom is -0.353 e. The predicted molar refractivity (Wildman–Crippen MR) is 107 cm³/mol. The maximum absolute atomic E-state index is 12.4. The zero-order valence-corrected chi connectivity index (χ0v) is 17.6. The zero-order chi connectivity index (χ0) is 19.6. The molecule has 1 amide bonds. The molecule has 2 aromatic rings. The van der Waals surface area contributed by atoms with Gasteiger partial charge in [-0.1, -0.05) is 25.1 Å². The number of nitrogens with one attached hydrogen (secondary N) is 1. The van der Waals surface area contributed by atoms with Crippen LogP contribution in [0, 0.1) is 0 Å². The standard InChI is InChI=1S/C18H26N4O3S2/c1-4-5-10-22-16-9-8-14(27(24,25)21(2)3)11-15(16)20-18(22)26-12-17(23)19-13-6-7-13/h8-9,11,13H,4-7,10,12H2,1-3H3,(H,19,23). The second-order valence-corrected chi connectivity index (χ2v) is 10.1. The Kier molecular flexibility index (Phi) is 6.12. The maximum atomic E-state index is 12.4. The van der Waals surface area contributed by atoms with Gasteiger partial charge in [-0.15, -0.1) is 0 Å². The van der Waals surface area contributed by atoms with E-state index >= 15 is 0 Å².